The summed E-state index contributed by atoms with van der Waals surface area (Å²) < 4.78 is 0. The topological polar surface area (TPSA) is 20.3 Å². The fourth-order valence-corrected chi connectivity index (χ4v) is 3.84. The summed E-state index contributed by atoms with van der Waals surface area (Å²) in [5.74, 6) is 0.792. The summed E-state index contributed by atoms with van der Waals surface area (Å²) in [5.41, 5.74) is 2.24. The van der Waals surface area contributed by atoms with Gasteiger partial charge >= 0.3 is 0 Å². The van der Waals surface area contributed by atoms with Crippen LogP contribution in [0.15, 0.2) is 35.9 Å². The Kier molecular flexibility index (Phi) is 3.88. The Hall–Kier alpha value is -1.57. The van der Waals surface area contributed by atoms with Gasteiger partial charge in [0.2, 0.25) is 0 Å². The first kappa shape index (κ1) is 14.4. The van der Waals surface area contributed by atoms with Crippen LogP contribution in [0.5, 0.6) is 0 Å². The van der Waals surface area contributed by atoms with Gasteiger partial charge in [-0.2, -0.15) is 0 Å². The minimum Gasteiger partial charge on any atom is -0.329 e. The summed E-state index contributed by atoms with van der Waals surface area (Å²) in [6, 6.07) is 10.3. The van der Waals surface area contributed by atoms with Crippen molar-refractivity contribution in [1.29, 1.82) is 0 Å². The number of rotatable bonds is 3. The number of β-lactam (4-membered cyclic amide) rings is 1. The first-order valence-electron chi connectivity index (χ1n) is 8.23. The van der Waals surface area contributed by atoms with Crippen LogP contribution in [-0.2, 0) is 4.79 Å². The third kappa shape index (κ3) is 2.52. The number of benzene rings is 1. The number of hydrogen-bond acceptors (Lipinski definition) is 1. The maximum Gasteiger partial charge on any atom is 0.252 e. The van der Waals surface area contributed by atoms with E-state index in [1.807, 2.05) is 18.2 Å². The second-order valence-electron chi connectivity index (χ2n) is 6.87. The van der Waals surface area contributed by atoms with Crippen LogP contribution in [0.2, 0.25) is 0 Å². The van der Waals surface area contributed by atoms with E-state index in [0.717, 1.165) is 30.5 Å². The van der Waals surface area contributed by atoms with E-state index in [-0.39, 0.29) is 11.4 Å². The fourth-order valence-electron chi connectivity index (χ4n) is 3.84. The normalized spacial score (nSPS) is 22.9. The van der Waals surface area contributed by atoms with Crippen molar-refractivity contribution in [2.75, 3.05) is 6.54 Å². The van der Waals surface area contributed by atoms with E-state index in [2.05, 4.69) is 37.0 Å². The smallest absolute Gasteiger partial charge is 0.252 e. The molecule has 0 unspecified atom stereocenters. The molecular weight excluding hydrogens is 258 g/mol. The molecule has 112 valence electrons. The van der Waals surface area contributed by atoms with Crippen LogP contribution >= 0.6 is 0 Å². The SMILES string of the molecule is CC(C)CN1C(=O)/C(=C\c2ccccc2)C12CCCCC2. The molecule has 0 bridgehead atoms. The Morgan fingerprint density at radius 1 is 1.14 bits per heavy atom. The molecular formula is C19H25NO. The quantitative estimate of drug-likeness (QED) is 0.599. The van der Waals surface area contributed by atoms with Crippen molar-refractivity contribution in [3.8, 4) is 0 Å². The molecule has 0 radical (unpaired) electrons. The van der Waals surface area contributed by atoms with Crippen molar-refractivity contribution >= 4 is 12.0 Å². The zero-order valence-corrected chi connectivity index (χ0v) is 13.1. The average molecular weight is 283 g/mol. The Labute approximate surface area is 127 Å². The highest BCUT2D eigenvalue weighted by Gasteiger charge is 2.55. The van der Waals surface area contributed by atoms with E-state index in [1.54, 1.807) is 0 Å². The molecule has 0 aromatic heterocycles. The van der Waals surface area contributed by atoms with Crippen molar-refractivity contribution < 1.29 is 4.79 Å². The number of likely N-dealkylation sites (tertiary alicyclic amines) is 1. The first-order chi connectivity index (χ1) is 10.1. The van der Waals surface area contributed by atoms with Crippen molar-refractivity contribution in [2.45, 2.75) is 51.5 Å². The van der Waals surface area contributed by atoms with Crippen LogP contribution in [0.1, 0.15) is 51.5 Å². The highest BCUT2D eigenvalue weighted by molar-refractivity contribution is 6.07. The highest BCUT2D eigenvalue weighted by Crippen LogP contribution is 2.48. The monoisotopic (exact) mass is 283 g/mol. The highest BCUT2D eigenvalue weighted by atomic mass is 16.2. The number of carbonyl (C=O) groups excluding carboxylic acids is 1. The Morgan fingerprint density at radius 2 is 1.81 bits per heavy atom. The molecule has 0 atom stereocenters. The molecule has 0 N–H and O–H groups in total. The maximum absolute atomic E-state index is 12.6. The lowest BCUT2D eigenvalue weighted by atomic mass is 9.67. The standard InChI is InChI=1S/C19H25NO/c1-15(2)14-20-18(21)17(13-16-9-5-3-6-10-16)19(20)11-7-4-8-12-19/h3,5-6,9-10,13,15H,4,7-8,11-12,14H2,1-2H3/b17-13+. The van der Waals surface area contributed by atoms with E-state index in [0.29, 0.717) is 5.92 Å². The van der Waals surface area contributed by atoms with Gasteiger partial charge in [0.05, 0.1) is 5.54 Å². The molecule has 2 fully saturated rings. The van der Waals surface area contributed by atoms with Gasteiger partial charge in [0.25, 0.3) is 5.91 Å². The lowest BCUT2D eigenvalue weighted by Gasteiger charge is -2.56. The van der Waals surface area contributed by atoms with E-state index >= 15 is 0 Å². The molecule has 1 saturated carbocycles. The van der Waals surface area contributed by atoms with Crippen molar-refractivity contribution in [2.24, 2.45) is 5.92 Å². The van der Waals surface area contributed by atoms with Crippen LogP contribution in [0.3, 0.4) is 0 Å². The van der Waals surface area contributed by atoms with Gasteiger partial charge in [-0.25, -0.2) is 0 Å². The van der Waals surface area contributed by atoms with Crippen molar-refractivity contribution in [3.63, 3.8) is 0 Å². The molecule has 2 aliphatic rings. The summed E-state index contributed by atoms with van der Waals surface area (Å²) >= 11 is 0. The van der Waals surface area contributed by atoms with Gasteiger partial charge in [0.1, 0.15) is 0 Å². The summed E-state index contributed by atoms with van der Waals surface area (Å²) in [6.45, 7) is 5.29. The predicted octanol–water partition coefficient (Wildman–Crippen LogP) is 4.27. The minimum atomic E-state index is 0.0371. The summed E-state index contributed by atoms with van der Waals surface area (Å²) in [5, 5.41) is 0. The van der Waals surface area contributed by atoms with Crippen LogP contribution in [0.25, 0.3) is 6.08 Å². The number of carbonyl (C=O) groups is 1. The summed E-state index contributed by atoms with van der Waals surface area (Å²) in [4.78, 5) is 14.8. The average Bonchev–Trinajstić information content (AvgIpc) is 2.52. The van der Waals surface area contributed by atoms with Crippen LogP contribution in [0, 0.1) is 5.92 Å². The molecule has 1 aromatic rings. The molecule has 2 heteroatoms. The summed E-state index contributed by atoms with van der Waals surface area (Å²) in [6.07, 6.45) is 8.21. The predicted molar refractivity (Wildman–Crippen MR) is 86.8 cm³/mol. The molecule has 21 heavy (non-hydrogen) atoms. The molecule has 3 rings (SSSR count). The van der Waals surface area contributed by atoms with Gasteiger partial charge < -0.3 is 4.90 Å². The van der Waals surface area contributed by atoms with Crippen LogP contribution in [0.4, 0.5) is 0 Å². The van der Waals surface area contributed by atoms with Crippen molar-refractivity contribution in [1.82, 2.24) is 4.90 Å². The lowest BCUT2D eigenvalue weighted by molar-refractivity contribution is -0.147. The lowest BCUT2D eigenvalue weighted by Crippen LogP contribution is -2.67. The molecule has 1 spiro atoms. The molecule has 1 aliphatic carbocycles. The van der Waals surface area contributed by atoms with Gasteiger partial charge in [-0.15, -0.1) is 0 Å². The number of hydrogen-bond donors (Lipinski definition) is 0. The number of amides is 1. The maximum atomic E-state index is 12.6. The Morgan fingerprint density at radius 3 is 2.43 bits per heavy atom. The van der Waals surface area contributed by atoms with Crippen molar-refractivity contribution in [3.05, 3.63) is 41.5 Å². The van der Waals surface area contributed by atoms with Gasteiger partial charge in [-0.05, 0) is 30.4 Å². The minimum absolute atomic E-state index is 0.0371. The second-order valence-corrected chi connectivity index (χ2v) is 6.87. The third-order valence-corrected chi connectivity index (χ3v) is 4.83. The largest absolute Gasteiger partial charge is 0.329 e. The molecule has 1 saturated heterocycles. The first-order valence-corrected chi connectivity index (χ1v) is 8.23. The van der Waals surface area contributed by atoms with Gasteiger partial charge in [0, 0.05) is 12.1 Å². The number of nitrogens with zero attached hydrogens (tertiary/aromatic N) is 1. The molecule has 1 heterocycles. The molecule has 1 amide bonds. The molecule has 1 aromatic carbocycles. The Bertz CT molecular complexity index is 538. The zero-order valence-electron chi connectivity index (χ0n) is 13.1. The van der Waals surface area contributed by atoms with Gasteiger partial charge in [-0.1, -0.05) is 63.4 Å². The summed E-state index contributed by atoms with van der Waals surface area (Å²) in [7, 11) is 0. The second kappa shape index (κ2) is 5.67. The van der Waals surface area contributed by atoms with E-state index < -0.39 is 0 Å². The Balaban J connectivity index is 1.92. The van der Waals surface area contributed by atoms with Crippen LogP contribution < -0.4 is 0 Å². The fraction of sp³-hybridized carbons (Fsp3) is 0.526. The van der Waals surface area contributed by atoms with Gasteiger partial charge in [0.15, 0.2) is 0 Å². The van der Waals surface area contributed by atoms with Crippen LogP contribution in [-0.4, -0.2) is 22.9 Å². The molecule has 1 aliphatic heterocycles. The van der Waals surface area contributed by atoms with E-state index in [4.69, 9.17) is 0 Å². The van der Waals surface area contributed by atoms with E-state index in [1.165, 1.54) is 19.3 Å². The van der Waals surface area contributed by atoms with E-state index in [9.17, 15) is 4.79 Å². The van der Waals surface area contributed by atoms with Gasteiger partial charge in [-0.3, -0.25) is 4.79 Å². The zero-order chi connectivity index (χ0) is 14.9. The molecule has 2 nitrogen and oxygen atoms in total. The third-order valence-electron chi connectivity index (χ3n) is 4.83.